The second kappa shape index (κ2) is 10.9. The van der Waals surface area contributed by atoms with E-state index in [9.17, 15) is 23.1 Å². The topological polar surface area (TPSA) is 110 Å². The molecule has 0 saturated heterocycles. The molecule has 12 heteroatoms. The quantitative estimate of drug-likeness (QED) is 0.281. The van der Waals surface area contributed by atoms with E-state index in [0.29, 0.717) is 22.8 Å². The monoisotopic (exact) mass is 569 g/mol. The van der Waals surface area contributed by atoms with E-state index in [1.165, 1.54) is 35.7 Å². The Hall–Kier alpha value is -5.36. The maximum atomic E-state index is 14.7. The Bertz CT molecular complexity index is 1880. The van der Waals surface area contributed by atoms with E-state index in [0.717, 1.165) is 23.3 Å². The first-order valence-corrected chi connectivity index (χ1v) is 12.8. The number of aromatic nitrogens is 6. The molecule has 4 heterocycles. The van der Waals surface area contributed by atoms with Gasteiger partial charge in [0.15, 0.2) is 0 Å². The first kappa shape index (κ1) is 26.8. The molecule has 2 N–H and O–H groups in total. The number of fused-ring (bicyclic) bond motifs is 1. The predicted molar refractivity (Wildman–Crippen MR) is 146 cm³/mol. The maximum Gasteiger partial charge on any atom is 0.252 e. The molecule has 0 aliphatic heterocycles. The van der Waals surface area contributed by atoms with Crippen LogP contribution in [0.3, 0.4) is 0 Å². The number of nitrogens with one attached hydrogen (secondary N) is 1. The highest BCUT2D eigenvalue weighted by atomic mass is 19.1. The van der Waals surface area contributed by atoms with Crippen LogP contribution in [0, 0.1) is 17.5 Å². The lowest BCUT2D eigenvalue weighted by Crippen LogP contribution is -2.44. The Labute approximate surface area is 236 Å². The lowest BCUT2D eigenvalue weighted by molar-refractivity contribution is 0.0120. The highest BCUT2D eigenvalue weighted by Crippen LogP contribution is 2.35. The van der Waals surface area contributed by atoms with Crippen LogP contribution in [0.25, 0.3) is 27.9 Å². The lowest BCUT2D eigenvalue weighted by Gasteiger charge is -2.29. The molecule has 0 bridgehead atoms. The zero-order valence-electron chi connectivity index (χ0n) is 21.8. The molecule has 42 heavy (non-hydrogen) atoms. The molecule has 0 spiro atoms. The van der Waals surface area contributed by atoms with Crippen LogP contribution in [-0.4, -0.2) is 46.9 Å². The smallest absolute Gasteiger partial charge is 0.252 e. The van der Waals surface area contributed by atoms with Gasteiger partial charge in [0.1, 0.15) is 41.4 Å². The summed E-state index contributed by atoms with van der Waals surface area (Å²) >= 11 is 0. The summed E-state index contributed by atoms with van der Waals surface area (Å²) in [7, 11) is 0. The predicted octanol–water partition coefficient (Wildman–Crippen LogP) is 4.39. The summed E-state index contributed by atoms with van der Waals surface area (Å²) < 4.78 is 44.8. The molecule has 0 fully saturated rings. The summed E-state index contributed by atoms with van der Waals surface area (Å²) in [6, 6.07) is 15.7. The van der Waals surface area contributed by atoms with E-state index in [2.05, 4.69) is 20.4 Å². The molecule has 4 aromatic heterocycles. The number of halogens is 3. The summed E-state index contributed by atoms with van der Waals surface area (Å²) in [6.07, 6.45) is 7.41. The first-order chi connectivity index (χ1) is 20.3. The van der Waals surface area contributed by atoms with Crippen molar-refractivity contribution < 1.29 is 23.1 Å². The second-order valence-corrected chi connectivity index (χ2v) is 9.65. The van der Waals surface area contributed by atoms with E-state index in [1.807, 2.05) is 12.1 Å². The van der Waals surface area contributed by atoms with Gasteiger partial charge in [-0.3, -0.25) is 9.78 Å². The highest BCUT2D eigenvalue weighted by Gasteiger charge is 2.34. The number of amides is 1. The van der Waals surface area contributed by atoms with Gasteiger partial charge >= 0.3 is 0 Å². The van der Waals surface area contributed by atoms with Crippen LogP contribution < -0.4 is 5.32 Å². The summed E-state index contributed by atoms with van der Waals surface area (Å²) in [5.74, 6) is -2.72. The number of hydrogen-bond donors (Lipinski definition) is 2. The molecule has 0 saturated carbocycles. The molecule has 210 valence electrons. The van der Waals surface area contributed by atoms with E-state index in [-0.39, 0.29) is 23.5 Å². The third kappa shape index (κ3) is 5.22. The zero-order chi connectivity index (χ0) is 29.3. The van der Waals surface area contributed by atoms with Crippen molar-refractivity contribution in [3.63, 3.8) is 0 Å². The van der Waals surface area contributed by atoms with Crippen molar-refractivity contribution >= 4 is 11.4 Å². The molecule has 6 rings (SSSR count). The molecular formula is C30H22F3N7O2. The summed E-state index contributed by atoms with van der Waals surface area (Å²) in [6.45, 7) is -0.682. The minimum atomic E-state index is -1.98. The number of carbonyl (C=O) groups excluding carboxylic acids is 1. The third-order valence-corrected chi connectivity index (χ3v) is 6.84. The SMILES string of the molecule is O=C(NC[C@](O)(Cn1cncn1)c1ccc(F)cc1F)c1ccc2c(-c3ccncc3)c(-c3ccc(F)cc3)nn2c1. The fourth-order valence-corrected chi connectivity index (χ4v) is 4.81. The molecule has 1 atom stereocenters. The van der Waals surface area contributed by atoms with Gasteiger partial charge in [-0.2, -0.15) is 10.2 Å². The highest BCUT2D eigenvalue weighted by molar-refractivity contribution is 5.96. The van der Waals surface area contributed by atoms with E-state index in [4.69, 9.17) is 5.10 Å². The average molecular weight is 570 g/mol. The van der Waals surface area contributed by atoms with Crippen LogP contribution in [0.5, 0.6) is 0 Å². The molecule has 1 amide bonds. The van der Waals surface area contributed by atoms with Gasteiger partial charge in [-0.25, -0.2) is 27.4 Å². The average Bonchev–Trinajstić information content (AvgIpc) is 3.64. The Morgan fingerprint density at radius 2 is 1.67 bits per heavy atom. The molecule has 0 radical (unpaired) electrons. The Morgan fingerprint density at radius 3 is 2.38 bits per heavy atom. The Morgan fingerprint density at radius 1 is 0.905 bits per heavy atom. The van der Waals surface area contributed by atoms with Crippen molar-refractivity contribution in [3.05, 3.63) is 127 Å². The van der Waals surface area contributed by atoms with Gasteiger partial charge in [-0.1, -0.05) is 6.07 Å². The van der Waals surface area contributed by atoms with Crippen LogP contribution >= 0.6 is 0 Å². The van der Waals surface area contributed by atoms with Gasteiger partial charge in [0.25, 0.3) is 5.91 Å². The van der Waals surface area contributed by atoms with Crippen LogP contribution in [0.4, 0.5) is 13.2 Å². The number of pyridine rings is 2. The Kier molecular flexibility index (Phi) is 6.97. The Balaban J connectivity index is 1.33. The largest absolute Gasteiger partial charge is 0.381 e. The van der Waals surface area contributed by atoms with Crippen LogP contribution in [0.2, 0.25) is 0 Å². The van der Waals surface area contributed by atoms with Crippen molar-refractivity contribution in [2.24, 2.45) is 0 Å². The van der Waals surface area contributed by atoms with Crippen LogP contribution in [-0.2, 0) is 12.1 Å². The number of rotatable bonds is 8. The van der Waals surface area contributed by atoms with Gasteiger partial charge in [0.05, 0.1) is 24.2 Å². The maximum absolute atomic E-state index is 14.7. The van der Waals surface area contributed by atoms with Gasteiger partial charge in [0.2, 0.25) is 0 Å². The number of hydrogen-bond acceptors (Lipinski definition) is 6. The van der Waals surface area contributed by atoms with Crippen molar-refractivity contribution in [1.82, 2.24) is 34.7 Å². The van der Waals surface area contributed by atoms with Crippen LogP contribution in [0.1, 0.15) is 15.9 Å². The molecule has 0 unspecified atom stereocenters. The molecule has 0 aliphatic carbocycles. The zero-order valence-corrected chi connectivity index (χ0v) is 21.8. The lowest BCUT2D eigenvalue weighted by atomic mass is 9.92. The van der Waals surface area contributed by atoms with Gasteiger partial charge in [-0.05, 0) is 60.2 Å². The minimum absolute atomic E-state index is 0.208. The number of aliphatic hydroxyl groups is 1. The fourth-order valence-electron chi connectivity index (χ4n) is 4.81. The van der Waals surface area contributed by atoms with Crippen molar-refractivity contribution in [2.75, 3.05) is 6.54 Å². The first-order valence-electron chi connectivity index (χ1n) is 12.8. The van der Waals surface area contributed by atoms with Gasteiger partial charge in [0, 0.05) is 41.3 Å². The standard InChI is InChI=1S/C30H22F3N7O2/c31-22-4-1-20(2-5-22)28-27(19-9-11-34-12-10-19)26-8-3-21(14-40(26)38-28)29(41)36-15-30(42,16-39-18-35-17-37-39)24-7-6-23(32)13-25(24)33/h1-14,17-18,42H,15-16H2,(H,36,41)/t30-/m0/s1. The van der Waals surface area contributed by atoms with Crippen molar-refractivity contribution in [2.45, 2.75) is 12.1 Å². The van der Waals surface area contributed by atoms with Gasteiger partial charge < -0.3 is 10.4 Å². The van der Waals surface area contributed by atoms with E-state index >= 15 is 0 Å². The molecule has 6 aromatic rings. The van der Waals surface area contributed by atoms with Crippen molar-refractivity contribution in [3.8, 4) is 22.4 Å². The fraction of sp³-hybridized carbons (Fsp3) is 0.100. The van der Waals surface area contributed by atoms with Crippen LogP contribution in [0.15, 0.2) is 98.0 Å². The number of nitrogens with zero attached hydrogens (tertiary/aromatic N) is 6. The van der Waals surface area contributed by atoms with E-state index in [1.54, 1.807) is 41.2 Å². The number of benzene rings is 2. The van der Waals surface area contributed by atoms with Crippen molar-refractivity contribution in [1.29, 1.82) is 0 Å². The summed E-state index contributed by atoms with van der Waals surface area (Å²) in [5, 5.41) is 22.8. The normalized spacial score (nSPS) is 12.8. The summed E-state index contributed by atoms with van der Waals surface area (Å²) in [4.78, 5) is 21.2. The summed E-state index contributed by atoms with van der Waals surface area (Å²) in [5.41, 5.74) is 1.55. The molecule has 2 aromatic carbocycles. The molecule has 0 aliphatic rings. The third-order valence-electron chi connectivity index (χ3n) is 6.84. The minimum Gasteiger partial charge on any atom is -0.381 e. The molecular weight excluding hydrogens is 547 g/mol. The van der Waals surface area contributed by atoms with Gasteiger partial charge in [-0.15, -0.1) is 0 Å². The van der Waals surface area contributed by atoms with E-state index < -0.39 is 29.7 Å². The number of carbonyl (C=O) groups is 1. The second-order valence-electron chi connectivity index (χ2n) is 9.65. The molecule has 9 nitrogen and oxygen atoms in total.